The maximum atomic E-state index is 14.9. The van der Waals surface area contributed by atoms with Crippen LogP contribution in [-0.4, -0.2) is 36.2 Å². The Morgan fingerprint density at radius 3 is 1.11 bits per heavy atom. The van der Waals surface area contributed by atoms with Crippen LogP contribution in [-0.2, 0) is 32.6 Å². The van der Waals surface area contributed by atoms with Crippen molar-refractivity contribution in [2.45, 2.75) is 22.1 Å². The summed E-state index contributed by atoms with van der Waals surface area (Å²) >= 11 is 0. The normalized spacial score (nSPS) is 12.7. The third-order valence-electron chi connectivity index (χ3n) is 8.50. The molecule has 6 aromatic rings. The Labute approximate surface area is 299 Å². The maximum absolute atomic E-state index is 14.9. The number of phenolic OH excluding ortho intramolecular Hbond substituents is 2. The number of rotatable bonds is 7. The Morgan fingerprint density at radius 2 is 0.833 bits per heavy atom. The largest absolute Gasteiger partial charge is 0.505 e. The molecule has 6 N–H and O–H groups in total. The molecule has 0 heterocycles. The van der Waals surface area contributed by atoms with Crippen molar-refractivity contribution < 1.29 is 62.5 Å². The minimum atomic E-state index is -5.51. The van der Waals surface area contributed by atoms with E-state index in [4.69, 9.17) is 11.1 Å². The summed E-state index contributed by atoms with van der Waals surface area (Å²) in [6, 6.07) is 13.9. The summed E-state index contributed by atoms with van der Waals surface area (Å²) in [6.07, 6.45) is -10.7. The molecule has 6 rings (SSSR count). The van der Waals surface area contributed by atoms with Gasteiger partial charge >= 0.3 is 12.4 Å². The number of halogens is 6. The highest BCUT2D eigenvalue weighted by Gasteiger charge is 2.40. The maximum Gasteiger partial charge on any atom is 0.417 e. The van der Waals surface area contributed by atoms with Gasteiger partial charge in [-0.25, -0.2) is 11.1 Å². The van der Waals surface area contributed by atoms with E-state index >= 15 is 0 Å². The molecule has 12 nitrogen and oxygen atoms in total. The van der Waals surface area contributed by atoms with E-state index in [1.807, 2.05) is 0 Å². The molecule has 0 amide bonds. The van der Waals surface area contributed by atoms with Crippen molar-refractivity contribution in [3.63, 3.8) is 0 Å². The van der Waals surface area contributed by atoms with Gasteiger partial charge in [0.1, 0.15) is 21.2 Å². The van der Waals surface area contributed by atoms with Gasteiger partial charge in [-0.2, -0.15) is 53.4 Å². The third kappa shape index (κ3) is 6.27. The molecular weight excluding hydrogens is 771 g/mol. The number of aromatic hydroxyl groups is 2. The van der Waals surface area contributed by atoms with Crippen molar-refractivity contribution in [3.05, 3.63) is 96.1 Å². The van der Waals surface area contributed by atoms with Crippen LogP contribution in [0.15, 0.2) is 105 Å². The molecular formula is C34H20F6N4O8S2. The highest BCUT2D eigenvalue weighted by molar-refractivity contribution is 7.86. The summed E-state index contributed by atoms with van der Waals surface area (Å²) in [5.74, 6) is -1.88. The molecule has 0 aliphatic heterocycles. The van der Waals surface area contributed by atoms with E-state index in [1.54, 1.807) is 0 Å². The number of benzene rings is 6. The third-order valence-corrected chi connectivity index (χ3v) is 10.3. The molecule has 54 heavy (non-hydrogen) atoms. The molecule has 0 atom stereocenters. The van der Waals surface area contributed by atoms with Crippen LogP contribution >= 0.6 is 0 Å². The summed E-state index contributed by atoms with van der Waals surface area (Å²) in [5.41, 5.74) is 4.95. The first-order valence-electron chi connectivity index (χ1n) is 14.8. The summed E-state index contributed by atoms with van der Waals surface area (Å²) in [4.78, 5) is -2.68. The van der Waals surface area contributed by atoms with Gasteiger partial charge in [0.05, 0.1) is 11.1 Å². The van der Waals surface area contributed by atoms with E-state index in [0.717, 1.165) is 24.3 Å². The number of alkyl halides is 6. The van der Waals surface area contributed by atoms with Gasteiger partial charge in [-0.15, -0.1) is 0 Å². The second-order valence-corrected chi connectivity index (χ2v) is 14.3. The highest BCUT2D eigenvalue weighted by atomic mass is 32.2. The minimum Gasteiger partial charge on any atom is -0.505 e. The van der Waals surface area contributed by atoms with Gasteiger partial charge in [0.15, 0.2) is 11.5 Å². The van der Waals surface area contributed by atoms with Gasteiger partial charge in [0.25, 0.3) is 20.2 Å². The Bertz CT molecular complexity index is 2630. The molecule has 20 heteroatoms. The van der Waals surface area contributed by atoms with Crippen LogP contribution in [0.2, 0.25) is 0 Å². The fraction of sp³-hybridized carbons (Fsp3) is 0.0588. The lowest BCUT2D eigenvalue weighted by molar-refractivity contribution is -0.138. The summed E-state index contributed by atoms with van der Waals surface area (Å²) in [6.45, 7) is 0. The lowest BCUT2D eigenvalue weighted by atomic mass is 9.88. The van der Waals surface area contributed by atoms with Gasteiger partial charge < -0.3 is 10.2 Å². The van der Waals surface area contributed by atoms with Crippen LogP contribution in [0.3, 0.4) is 0 Å². The van der Waals surface area contributed by atoms with Gasteiger partial charge in [0, 0.05) is 21.9 Å². The van der Waals surface area contributed by atoms with E-state index in [0.29, 0.717) is 24.3 Å². The molecule has 0 aliphatic rings. The SMILES string of the molecule is N=Nc1c(S(=O)(=O)O)c(-c2ccc(-c3ccc(-c4c(S(=O)(=O)O)c(N=N)c(O)c5ccccc45)c(C(F)(F)F)c3)cc2C(F)(F)F)c2ccccc2c1O. The van der Waals surface area contributed by atoms with Crippen LogP contribution in [0.4, 0.5) is 37.7 Å². The molecule has 0 bridgehead atoms. The van der Waals surface area contributed by atoms with Crippen LogP contribution in [0.25, 0.3) is 54.9 Å². The van der Waals surface area contributed by atoms with E-state index in [9.17, 15) is 62.5 Å². The van der Waals surface area contributed by atoms with E-state index in [2.05, 4.69) is 10.2 Å². The van der Waals surface area contributed by atoms with E-state index in [1.165, 1.54) is 36.4 Å². The number of nitrogens with zero attached hydrogens (tertiary/aromatic N) is 2. The molecule has 0 aliphatic carbocycles. The van der Waals surface area contributed by atoms with Crippen molar-refractivity contribution in [1.29, 1.82) is 11.1 Å². The van der Waals surface area contributed by atoms with Crippen molar-refractivity contribution in [1.82, 2.24) is 0 Å². The fourth-order valence-electron chi connectivity index (χ4n) is 6.36. The van der Waals surface area contributed by atoms with Crippen molar-refractivity contribution in [3.8, 4) is 44.9 Å². The molecule has 0 unspecified atom stereocenters. The fourth-order valence-corrected chi connectivity index (χ4v) is 8.09. The minimum absolute atomic E-state index is 0.249. The Hall–Kier alpha value is -5.96. The van der Waals surface area contributed by atoms with Crippen molar-refractivity contribution in [2.75, 3.05) is 0 Å². The summed E-state index contributed by atoms with van der Waals surface area (Å²) < 4.78 is 160. The molecule has 278 valence electrons. The average molecular weight is 791 g/mol. The van der Waals surface area contributed by atoms with Gasteiger partial charge in [-0.3, -0.25) is 9.11 Å². The first-order valence-corrected chi connectivity index (χ1v) is 17.7. The van der Waals surface area contributed by atoms with Gasteiger partial charge in [-0.05, 0) is 45.2 Å². The van der Waals surface area contributed by atoms with Crippen LogP contribution in [0.5, 0.6) is 11.5 Å². The molecule has 0 spiro atoms. The van der Waals surface area contributed by atoms with E-state index in [-0.39, 0.29) is 21.5 Å². The van der Waals surface area contributed by atoms with Gasteiger partial charge in [0.2, 0.25) is 0 Å². The quantitative estimate of drug-likeness (QED) is 0.0517. The molecule has 0 fully saturated rings. The van der Waals surface area contributed by atoms with Crippen molar-refractivity contribution >= 4 is 53.2 Å². The lowest BCUT2D eigenvalue weighted by Crippen LogP contribution is -2.11. The van der Waals surface area contributed by atoms with Crippen molar-refractivity contribution in [2.24, 2.45) is 10.2 Å². The number of hydrogen-bond donors (Lipinski definition) is 6. The molecule has 0 aromatic heterocycles. The predicted molar refractivity (Wildman–Crippen MR) is 180 cm³/mol. The van der Waals surface area contributed by atoms with Crippen LogP contribution in [0, 0.1) is 11.1 Å². The zero-order valence-corrected chi connectivity index (χ0v) is 28.1. The van der Waals surface area contributed by atoms with Crippen LogP contribution in [0.1, 0.15) is 11.1 Å². The average Bonchev–Trinajstić information content (AvgIpc) is 3.09. The lowest BCUT2D eigenvalue weighted by Gasteiger charge is -2.21. The zero-order chi connectivity index (χ0) is 39.7. The monoisotopic (exact) mass is 790 g/mol. The number of phenols is 2. The second-order valence-electron chi connectivity index (χ2n) is 11.6. The summed E-state index contributed by atoms with van der Waals surface area (Å²) in [7, 11) is -11.0. The first kappa shape index (κ1) is 37.8. The first-order chi connectivity index (χ1) is 25.1. The molecule has 6 aromatic carbocycles. The second kappa shape index (κ2) is 12.9. The Kier molecular flexibility index (Phi) is 9.00. The standard InChI is InChI=1S/C34H20F6N4O8S2/c35-33(36,37)23-13-15(9-11-21(23)25-17-5-1-3-7-19(17)29(45)27(43-41)31(25)53(47,48)49)16-10-12-22(24(14-16)34(38,39)40)26-18-6-2-4-8-20(18)30(46)28(44-42)32(26)54(50,51)52/h1-14,41-42,45-46H,(H,47,48,49)(H,50,51,52). The number of hydrogen-bond acceptors (Lipinski definition) is 10. The zero-order valence-electron chi connectivity index (χ0n) is 26.5. The number of fused-ring (bicyclic) bond motifs is 2. The Morgan fingerprint density at radius 1 is 0.519 bits per heavy atom. The van der Waals surface area contributed by atoms with E-state index < -0.39 is 110 Å². The van der Waals surface area contributed by atoms with Crippen LogP contribution < -0.4 is 0 Å². The molecule has 0 saturated carbocycles. The molecule has 0 radical (unpaired) electrons. The molecule has 0 saturated heterocycles. The van der Waals surface area contributed by atoms with Gasteiger partial charge in [-0.1, -0.05) is 72.8 Å². The Balaban J connectivity index is 1.69. The topological polar surface area (TPSA) is 222 Å². The number of nitrogens with one attached hydrogen (secondary N) is 2. The highest BCUT2D eigenvalue weighted by Crippen LogP contribution is 2.53. The summed E-state index contributed by atoms with van der Waals surface area (Å²) in [5, 5.41) is 26.1. The predicted octanol–water partition coefficient (Wildman–Crippen LogP) is 10.3. The smallest absolute Gasteiger partial charge is 0.417 e.